The summed E-state index contributed by atoms with van der Waals surface area (Å²) in [5.41, 5.74) is 0.682. The molecule has 0 spiro atoms. The summed E-state index contributed by atoms with van der Waals surface area (Å²) < 4.78 is 0. The molecule has 1 aromatic rings. The highest BCUT2D eigenvalue weighted by Gasteiger charge is 2.29. The van der Waals surface area contributed by atoms with E-state index in [2.05, 4.69) is 15.1 Å². The van der Waals surface area contributed by atoms with Gasteiger partial charge in [0.05, 0.1) is 10.0 Å². The topological polar surface area (TPSA) is 38.8 Å². The minimum Gasteiger partial charge on any atom is -0.322 e. The second-order valence-electron chi connectivity index (χ2n) is 9.14. The fraction of sp³-hybridized carbons (Fsp3) is 0.696. The third-order valence-corrected chi connectivity index (χ3v) is 7.73. The molecule has 0 unspecified atom stereocenters. The standard InChI is InChI=1S/C23H34Cl2N4O/c24-21-9-8-19(15-22(21)25)26-23(30)28-13-11-27(12-14-28)16-18-5-4-10-29(17-18)20-6-2-1-3-7-20/h8-9,15,18,20H,1-7,10-14,16-17H2,(H,26,30)/t18-/m0/s1. The van der Waals surface area contributed by atoms with Crippen LogP contribution in [-0.2, 0) is 0 Å². The van der Waals surface area contributed by atoms with Crippen LogP contribution in [0.5, 0.6) is 0 Å². The van der Waals surface area contributed by atoms with Crippen LogP contribution >= 0.6 is 23.2 Å². The Balaban J connectivity index is 1.21. The van der Waals surface area contributed by atoms with Gasteiger partial charge in [0.25, 0.3) is 0 Å². The Kier molecular flexibility index (Phi) is 7.79. The molecule has 2 amide bonds. The number of carbonyl (C=O) groups excluding carboxylic acids is 1. The molecule has 1 atom stereocenters. The maximum absolute atomic E-state index is 12.6. The molecule has 0 radical (unpaired) electrons. The maximum atomic E-state index is 12.6. The highest BCUT2D eigenvalue weighted by molar-refractivity contribution is 6.42. The fourth-order valence-corrected chi connectivity index (χ4v) is 5.60. The molecule has 0 aromatic heterocycles. The van der Waals surface area contributed by atoms with Gasteiger partial charge in [-0.25, -0.2) is 4.79 Å². The zero-order valence-corrected chi connectivity index (χ0v) is 19.3. The summed E-state index contributed by atoms with van der Waals surface area (Å²) in [7, 11) is 0. The van der Waals surface area contributed by atoms with Gasteiger partial charge in [0.2, 0.25) is 0 Å². The summed E-state index contributed by atoms with van der Waals surface area (Å²) in [6.07, 6.45) is 9.75. The van der Waals surface area contributed by atoms with E-state index < -0.39 is 0 Å². The number of nitrogens with one attached hydrogen (secondary N) is 1. The van der Waals surface area contributed by atoms with Crippen molar-refractivity contribution in [3.63, 3.8) is 0 Å². The molecule has 5 nitrogen and oxygen atoms in total. The maximum Gasteiger partial charge on any atom is 0.321 e. The highest BCUT2D eigenvalue weighted by atomic mass is 35.5. The molecule has 2 saturated heterocycles. The van der Waals surface area contributed by atoms with Crippen LogP contribution in [0.25, 0.3) is 0 Å². The first-order chi connectivity index (χ1) is 14.6. The van der Waals surface area contributed by atoms with E-state index in [-0.39, 0.29) is 6.03 Å². The molecule has 1 aromatic carbocycles. The molecule has 30 heavy (non-hydrogen) atoms. The van der Waals surface area contributed by atoms with E-state index in [4.69, 9.17) is 23.2 Å². The van der Waals surface area contributed by atoms with E-state index in [0.717, 1.165) is 38.1 Å². The van der Waals surface area contributed by atoms with E-state index >= 15 is 0 Å². The molecule has 3 aliphatic rings. The van der Waals surface area contributed by atoms with E-state index in [9.17, 15) is 4.79 Å². The van der Waals surface area contributed by atoms with Crippen LogP contribution in [0.15, 0.2) is 18.2 Å². The van der Waals surface area contributed by atoms with Gasteiger partial charge >= 0.3 is 6.03 Å². The zero-order valence-electron chi connectivity index (χ0n) is 17.8. The van der Waals surface area contributed by atoms with Crippen molar-refractivity contribution in [1.82, 2.24) is 14.7 Å². The fourth-order valence-electron chi connectivity index (χ4n) is 5.30. The number of nitrogens with zero attached hydrogens (tertiary/aromatic N) is 3. The van der Waals surface area contributed by atoms with Crippen molar-refractivity contribution >= 4 is 34.9 Å². The predicted molar refractivity (Wildman–Crippen MR) is 125 cm³/mol. The number of piperazine rings is 1. The van der Waals surface area contributed by atoms with E-state index in [0.29, 0.717) is 15.7 Å². The van der Waals surface area contributed by atoms with Crippen molar-refractivity contribution in [2.24, 2.45) is 5.92 Å². The minimum absolute atomic E-state index is 0.0609. The van der Waals surface area contributed by atoms with Crippen molar-refractivity contribution in [3.05, 3.63) is 28.2 Å². The summed E-state index contributed by atoms with van der Waals surface area (Å²) >= 11 is 12.0. The molecular formula is C23H34Cl2N4O. The van der Waals surface area contributed by atoms with Crippen LogP contribution < -0.4 is 5.32 Å². The molecule has 1 N–H and O–H groups in total. The van der Waals surface area contributed by atoms with Crippen molar-refractivity contribution in [3.8, 4) is 0 Å². The quantitative estimate of drug-likeness (QED) is 0.682. The molecule has 1 saturated carbocycles. The first kappa shape index (κ1) is 22.2. The normalized spacial score (nSPS) is 24.7. The number of likely N-dealkylation sites (tertiary alicyclic amines) is 1. The number of hydrogen-bond donors (Lipinski definition) is 1. The molecule has 7 heteroatoms. The number of benzene rings is 1. The largest absolute Gasteiger partial charge is 0.322 e. The lowest BCUT2D eigenvalue weighted by Gasteiger charge is -2.42. The van der Waals surface area contributed by atoms with Gasteiger partial charge in [0.1, 0.15) is 0 Å². The Bertz CT molecular complexity index is 717. The van der Waals surface area contributed by atoms with Crippen LogP contribution in [0, 0.1) is 5.92 Å². The highest BCUT2D eigenvalue weighted by Crippen LogP contribution is 2.28. The Morgan fingerprint density at radius 2 is 1.70 bits per heavy atom. The van der Waals surface area contributed by atoms with Crippen molar-refractivity contribution in [2.45, 2.75) is 51.0 Å². The average molecular weight is 453 g/mol. The van der Waals surface area contributed by atoms with E-state index in [1.807, 2.05) is 4.90 Å². The average Bonchev–Trinajstić information content (AvgIpc) is 2.77. The number of anilines is 1. The number of urea groups is 1. The Labute approximate surface area is 190 Å². The predicted octanol–water partition coefficient (Wildman–Crippen LogP) is 5.19. The lowest BCUT2D eigenvalue weighted by molar-refractivity contribution is 0.0690. The lowest BCUT2D eigenvalue weighted by Crippen LogP contribution is -2.52. The third-order valence-electron chi connectivity index (χ3n) is 6.99. The summed E-state index contributed by atoms with van der Waals surface area (Å²) in [4.78, 5) is 19.8. The Morgan fingerprint density at radius 1 is 0.933 bits per heavy atom. The van der Waals surface area contributed by atoms with Gasteiger partial charge in [-0.05, 0) is 56.3 Å². The van der Waals surface area contributed by atoms with Crippen LogP contribution in [0.1, 0.15) is 44.9 Å². The van der Waals surface area contributed by atoms with Gasteiger partial charge in [-0.15, -0.1) is 0 Å². The molecule has 2 heterocycles. The van der Waals surface area contributed by atoms with Crippen molar-refractivity contribution < 1.29 is 4.79 Å². The number of halogens is 2. The summed E-state index contributed by atoms with van der Waals surface area (Å²) in [6.45, 7) is 7.18. The summed E-state index contributed by atoms with van der Waals surface area (Å²) in [5, 5.41) is 3.88. The Hall–Kier alpha value is -1.01. The molecule has 166 valence electrons. The second kappa shape index (κ2) is 10.5. The van der Waals surface area contributed by atoms with E-state index in [1.165, 1.54) is 64.6 Å². The van der Waals surface area contributed by atoms with Crippen molar-refractivity contribution in [1.29, 1.82) is 0 Å². The van der Waals surface area contributed by atoms with Gasteiger partial charge in [-0.1, -0.05) is 42.5 Å². The zero-order chi connectivity index (χ0) is 20.9. The first-order valence-corrected chi connectivity index (χ1v) is 12.3. The molecular weight excluding hydrogens is 419 g/mol. The third kappa shape index (κ3) is 5.82. The molecule has 3 fully saturated rings. The lowest BCUT2D eigenvalue weighted by atomic mass is 9.90. The molecule has 1 aliphatic carbocycles. The first-order valence-electron chi connectivity index (χ1n) is 11.6. The van der Waals surface area contributed by atoms with Crippen LogP contribution in [0.4, 0.5) is 10.5 Å². The number of hydrogen-bond acceptors (Lipinski definition) is 3. The van der Waals surface area contributed by atoms with Crippen LogP contribution in [0.2, 0.25) is 10.0 Å². The van der Waals surface area contributed by atoms with Gasteiger partial charge in [0, 0.05) is 51.0 Å². The number of piperidine rings is 1. The van der Waals surface area contributed by atoms with Gasteiger partial charge in [0.15, 0.2) is 0 Å². The molecule has 0 bridgehead atoms. The number of amides is 2. The van der Waals surface area contributed by atoms with Crippen molar-refractivity contribution in [2.75, 3.05) is 51.1 Å². The Morgan fingerprint density at radius 3 is 2.43 bits per heavy atom. The molecule has 2 aliphatic heterocycles. The minimum atomic E-state index is -0.0609. The van der Waals surface area contributed by atoms with Gasteiger partial charge < -0.3 is 15.1 Å². The second-order valence-corrected chi connectivity index (χ2v) is 9.96. The smallest absolute Gasteiger partial charge is 0.321 e. The summed E-state index contributed by atoms with van der Waals surface area (Å²) in [6, 6.07) is 5.96. The van der Waals surface area contributed by atoms with Crippen LogP contribution in [-0.4, -0.2) is 72.6 Å². The summed E-state index contributed by atoms with van der Waals surface area (Å²) in [5.74, 6) is 0.775. The van der Waals surface area contributed by atoms with Gasteiger partial charge in [-0.3, -0.25) is 4.90 Å². The monoisotopic (exact) mass is 452 g/mol. The number of rotatable bonds is 4. The van der Waals surface area contributed by atoms with E-state index in [1.54, 1.807) is 18.2 Å². The molecule has 4 rings (SSSR count). The van der Waals surface area contributed by atoms with Gasteiger partial charge in [-0.2, -0.15) is 0 Å². The number of carbonyl (C=O) groups is 1. The van der Waals surface area contributed by atoms with Crippen LogP contribution in [0.3, 0.4) is 0 Å². The SMILES string of the molecule is O=C(Nc1ccc(Cl)c(Cl)c1)N1CCN(C[C@@H]2CCCN(C3CCCCC3)C2)CC1.